The summed E-state index contributed by atoms with van der Waals surface area (Å²) in [4.78, 5) is 21.0. The molecule has 1 aliphatic rings. The molecule has 27 heavy (non-hydrogen) atoms. The lowest BCUT2D eigenvalue weighted by Gasteiger charge is -2.34. The number of hydrogen-bond acceptors (Lipinski definition) is 4. The standard InChI is InChI=1S/C21H27FN4O/c1-25(2)20(18-5-3-4-6-19(18)22)21(27)24-17-9-13-26(14-10-17)15-16-7-11-23-12-8-16/h3-8,11-12,17,20H,9-10,13-15H2,1-2H3,(H,24,27). The molecule has 1 aromatic heterocycles. The maximum Gasteiger partial charge on any atom is 0.242 e. The minimum atomic E-state index is -0.624. The van der Waals surface area contributed by atoms with Gasteiger partial charge in [-0.1, -0.05) is 18.2 Å². The van der Waals surface area contributed by atoms with Crippen molar-refractivity contribution in [2.75, 3.05) is 27.2 Å². The fraction of sp³-hybridized carbons (Fsp3) is 0.429. The molecule has 3 rings (SSSR count). The summed E-state index contributed by atoms with van der Waals surface area (Å²) in [6.07, 6.45) is 5.42. The van der Waals surface area contributed by atoms with E-state index in [0.29, 0.717) is 5.56 Å². The first-order valence-electron chi connectivity index (χ1n) is 9.37. The highest BCUT2D eigenvalue weighted by atomic mass is 19.1. The van der Waals surface area contributed by atoms with Crippen molar-refractivity contribution in [3.05, 3.63) is 65.7 Å². The Morgan fingerprint density at radius 2 is 1.89 bits per heavy atom. The third-order valence-electron chi connectivity index (χ3n) is 5.05. The van der Waals surface area contributed by atoms with E-state index in [1.54, 1.807) is 37.2 Å². The molecule has 1 fully saturated rings. The molecule has 0 spiro atoms. The van der Waals surface area contributed by atoms with E-state index >= 15 is 0 Å². The number of likely N-dealkylation sites (tertiary alicyclic amines) is 1. The van der Waals surface area contributed by atoms with Gasteiger partial charge in [0.05, 0.1) is 0 Å². The van der Waals surface area contributed by atoms with Crippen LogP contribution in [0.1, 0.15) is 30.0 Å². The number of carbonyl (C=O) groups is 1. The van der Waals surface area contributed by atoms with Gasteiger partial charge in [-0.25, -0.2) is 4.39 Å². The maximum absolute atomic E-state index is 14.2. The van der Waals surface area contributed by atoms with Gasteiger partial charge in [-0.3, -0.25) is 19.6 Å². The van der Waals surface area contributed by atoms with Crippen LogP contribution < -0.4 is 5.32 Å². The van der Waals surface area contributed by atoms with Crippen LogP contribution in [0.25, 0.3) is 0 Å². The van der Waals surface area contributed by atoms with Crippen molar-refractivity contribution in [2.45, 2.75) is 31.5 Å². The molecule has 1 unspecified atom stereocenters. The number of halogens is 1. The lowest BCUT2D eigenvalue weighted by atomic mass is 10.0. The second kappa shape index (κ2) is 9.06. The monoisotopic (exact) mass is 370 g/mol. The van der Waals surface area contributed by atoms with E-state index in [2.05, 4.69) is 15.2 Å². The van der Waals surface area contributed by atoms with Crippen LogP contribution in [0.5, 0.6) is 0 Å². The van der Waals surface area contributed by atoms with E-state index in [-0.39, 0.29) is 17.8 Å². The van der Waals surface area contributed by atoms with Gasteiger partial charge >= 0.3 is 0 Å². The van der Waals surface area contributed by atoms with Crippen LogP contribution in [-0.2, 0) is 11.3 Å². The topological polar surface area (TPSA) is 48.5 Å². The normalized spacial score (nSPS) is 17.0. The van der Waals surface area contributed by atoms with Crippen molar-refractivity contribution in [2.24, 2.45) is 0 Å². The summed E-state index contributed by atoms with van der Waals surface area (Å²) in [6, 6.07) is 10.0. The number of nitrogens with one attached hydrogen (secondary N) is 1. The summed E-state index contributed by atoms with van der Waals surface area (Å²) in [5.74, 6) is -0.490. The zero-order chi connectivity index (χ0) is 19.2. The molecule has 1 aromatic carbocycles. The number of likely N-dealkylation sites (N-methyl/N-ethyl adjacent to an activating group) is 1. The van der Waals surface area contributed by atoms with Crippen molar-refractivity contribution < 1.29 is 9.18 Å². The Balaban J connectivity index is 1.56. The molecule has 0 aliphatic carbocycles. The van der Waals surface area contributed by atoms with Crippen molar-refractivity contribution in [3.8, 4) is 0 Å². The van der Waals surface area contributed by atoms with Gasteiger partial charge in [0.25, 0.3) is 0 Å². The molecule has 1 aliphatic heterocycles. The lowest BCUT2D eigenvalue weighted by molar-refractivity contribution is -0.127. The van der Waals surface area contributed by atoms with Crippen molar-refractivity contribution in [1.82, 2.24) is 20.1 Å². The zero-order valence-electron chi connectivity index (χ0n) is 15.9. The summed E-state index contributed by atoms with van der Waals surface area (Å²) in [7, 11) is 3.60. The Morgan fingerprint density at radius 1 is 1.22 bits per heavy atom. The molecule has 144 valence electrons. The van der Waals surface area contributed by atoms with Gasteiger partial charge in [-0.15, -0.1) is 0 Å². The molecular weight excluding hydrogens is 343 g/mol. The third-order valence-corrected chi connectivity index (χ3v) is 5.05. The molecule has 6 heteroatoms. The predicted octanol–water partition coefficient (Wildman–Crippen LogP) is 2.60. The lowest BCUT2D eigenvalue weighted by Crippen LogP contribution is -2.47. The first-order chi connectivity index (χ1) is 13.0. The first kappa shape index (κ1) is 19.5. The fourth-order valence-corrected chi connectivity index (χ4v) is 3.61. The largest absolute Gasteiger partial charge is 0.352 e. The smallest absolute Gasteiger partial charge is 0.242 e. The van der Waals surface area contributed by atoms with E-state index < -0.39 is 6.04 Å². The Bertz CT molecular complexity index is 745. The van der Waals surface area contributed by atoms with Crippen LogP contribution in [0.15, 0.2) is 48.8 Å². The number of pyridine rings is 1. The van der Waals surface area contributed by atoms with Gasteiger partial charge in [0.1, 0.15) is 11.9 Å². The van der Waals surface area contributed by atoms with E-state index in [9.17, 15) is 9.18 Å². The second-order valence-electron chi connectivity index (χ2n) is 7.30. The molecule has 2 aromatic rings. The molecule has 1 saturated heterocycles. The van der Waals surface area contributed by atoms with E-state index in [4.69, 9.17) is 0 Å². The van der Waals surface area contributed by atoms with Gasteiger partial charge < -0.3 is 5.32 Å². The molecular formula is C21H27FN4O. The van der Waals surface area contributed by atoms with E-state index in [1.807, 2.05) is 24.5 Å². The highest BCUT2D eigenvalue weighted by Crippen LogP contribution is 2.22. The van der Waals surface area contributed by atoms with Gasteiger partial charge in [-0.05, 0) is 50.7 Å². The summed E-state index contributed by atoms with van der Waals surface area (Å²) >= 11 is 0. The van der Waals surface area contributed by atoms with Gasteiger partial charge in [-0.2, -0.15) is 0 Å². The highest BCUT2D eigenvalue weighted by Gasteiger charge is 2.28. The fourth-order valence-electron chi connectivity index (χ4n) is 3.61. The Morgan fingerprint density at radius 3 is 2.52 bits per heavy atom. The minimum Gasteiger partial charge on any atom is -0.352 e. The summed E-state index contributed by atoms with van der Waals surface area (Å²) in [6.45, 7) is 2.76. The number of piperidine rings is 1. The Kier molecular flexibility index (Phi) is 6.53. The highest BCUT2D eigenvalue weighted by molar-refractivity contribution is 5.83. The molecule has 0 saturated carbocycles. The number of aromatic nitrogens is 1. The van der Waals surface area contributed by atoms with Crippen molar-refractivity contribution in [3.63, 3.8) is 0 Å². The molecule has 1 N–H and O–H groups in total. The molecule has 0 radical (unpaired) electrons. The number of carbonyl (C=O) groups excluding carboxylic acids is 1. The molecule has 1 amide bonds. The average Bonchev–Trinajstić information content (AvgIpc) is 2.66. The van der Waals surface area contributed by atoms with Crippen LogP contribution in [0.2, 0.25) is 0 Å². The van der Waals surface area contributed by atoms with Gasteiger partial charge in [0.15, 0.2) is 0 Å². The van der Waals surface area contributed by atoms with Crippen LogP contribution in [0.3, 0.4) is 0 Å². The van der Waals surface area contributed by atoms with Gasteiger partial charge in [0.2, 0.25) is 5.91 Å². The first-order valence-corrected chi connectivity index (χ1v) is 9.37. The van der Waals surface area contributed by atoms with Gasteiger partial charge in [0, 0.05) is 43.6 Å². The van der Waals surface area contributed by atoms with Crippen molar-refractivity contribution >= 4 is 5.91 Å². The quantitative estimate of drug-likeness (QED) is 0.849. The third kappa shape index (κ3) is 5.11. The second-order valence-corrected chi connectivity index (χ2v) is 7.30. The molecule has 2 heterocycles. The van der Waals surface area contributed by atoms with Crippen LogP contribution in [-0.4, -0.2) is 53.9 Å². The summed E-state index contributed by atoms with van der Waals surface area (Å²) in [5.41, 5.74) is 1.66. The number of nitrogens with zero attached hydrogens (tertiary/aromatic N) is 3. The molecule has 1 atom stereocenters. The maximum atomic E-state index is 14.2. The predicted molar refractivity (Wildman–Crippen MR) is 104 cm³/mol. The minimum absolute atomic E-state index is 0.125. The Hall–Kier alpha value is -2.31. The van der Waals surface area contributed by atoms with Crippen LogP contribution in [0, 0.1) is 5.82 Å². The number of rotatable bonds is 6. The SMILES string of the molecule is CN(C)C(C(=O)NC1CCN(Cc2ccncc2)CC1)c1ccccc1F. The summed E-state index contributed by atoms with van der Waals surface area (Å²) in [5, 5.41) is 3.13. The Labute approximate surface area is 160 Å². The van der Waals surface area contributed by atoms with Crippen LogP contribution >= 0.6 is 0 Å². The van der Waals surface area contributed by atoms with E-state index in [0.717, 1.165) is 32.5 Å². The molecule has 0 bridgehead atoms. The number of hydrogen-bond donors (Lipinski definition) is 1. The van der Waals surface area contributed by atoms with E-state index in [1.165, 1.54) is 11.6 Å². The summed E-state index contributed by atoms with van der Waals surface area (Å²) < 4.78 is 14.2. The number of amides is 1. The average molecular weight is 370 g/mol. The molecule has 5 nitrogen and oxygen atoms in total. The number of benzene rings is 1. The van der Waals surface area contributed by atoms with Crippen molar-refractivity contribution in [1.29, 1.82) is 0 Å². The zero-order valence-corrected chi connectivity index (χ0v) is 15.9. The van der Waals surface area contributed by atoms with Crippen LogP contribution in [0.4, 0.5) is 4.39 Å².